The zero-order valence-corrected chi connectivity index (χ0v) is 16.2. The van der Waals surface area contributed by atoms with E-state index in [9.17, 15) is 9.59 Å². The van der Waals surface area contributed by atoms with E-state index in [4.69, 9.17) is 4.98 Å². The Hall–Kier alpha value is -2.99. The van der Waals surface area contributed by atoms with Gasteiger partial charge in [-0.15, -0.1) is 0 Å². The van der Waals surface area contributed by atoms with Crippen molar-refractivity contribution in [3.8, 4) is 0 Å². The molecule has 1 aromatic heterocycles. The van der Waals surface area contributed by atoms with E-state index in [1.165, 1.54) is 5.56 Å². The van der Waals surface area contributed by atoms with Crippen LogP contribution in [-0.2, 0) is 19.5 Å². The first-order valence-electron chi connectivity index (χ1n) is 9.57. The van der Waals surface area contributed by atoms with Gasteiger partial charge < -0.3 is 10.2 Å². The molecular formula is C22H24N4O2. The molecule has 6 heteroatoms. The van der Waals surface area contributed by atoms with E-state index in [1.807, 2.05) is 38.2 Å². The summed E-state index contributed by atoms with van der Waals surface area (Å²) in [4.78, 5) is 32.3. The number of aromatic nitrogens is 2. The van der Waals surface area contributed by atoms with Crippen LogP contribution in [0.2, 0.25) is 0 Å². The number of carbonyl (C=O) groups excluding carboxylic acids is 1. The number of likely N-dealkylation sites (N-methyl/N-ethyl adjacent to an activating group) is 1. The summed E-state index contributed by atoms with van der Waals surface area (Å²) in [6.45, 7) is 4.84. The van der Waals surface area contributed by atoms with Crippen molar-refractivity contribution in [2.24, 2.45) is 0 Å². The molecule has 1 N–H and O–H groups in total. The molecule has 3 aromatic rings. The van der Waals surface area contributed by atoms with Crippen LogP contribution < -0.4 is 10.9 Å². The number of rotatable bonds is 3. The Balaban J connectivity index is 1.59. The number of carbonyl (C=O) groups is 1. The summed E-state index contributed by atoms with van der Waals surface area (Å²) in [7, 11) is 2.05. The molecule has 0 bridgehead atoms. The second kappa shape index (κ2) is 7.56. The van der Waals surface area contributed by atoms with Gasteiger partial charge in [0.25, 0.3) is 11.5 Å². The number of nitrogens with zero attached hydrogens (tertiary/aromatic N) is 3. The van der Waals surface area contributed by atoms with Crippen molar-refractivity contribution in [1.29, 1.82) is 0 Å². The maximum Gasteiger partial charge on any atom is 0.261 e. The van der Waals surface area contributed by atoms with Crippen molar-refractivity contribution in [1.82, 2.24) is 19.8 Å². The van der Waals surface area contributed by atoms with Gasteiger partial charge in [0.2, 0.25) is 0 Å². The molecule has 144 valence electrons. The van der Waals surface area contributed by atoms with Crippen molar-refractivity contribution in [2.45, 2.75) is 26.4 Å². The normalized spacial score (nSPS) is 14.5. The predicted octanol–water partition coefficient (Wildman–Crippen LogP) is 2.12. The monoisotopic (exact) mass is 376 g/mol. The molecule has 2 heterocycles. The van der Waals surface area contributed by atoms with E-state index >= 15 is 0 Å². The average molecular weight is 376 g/mol. The second-order valence-corrected chi connectivity index (χ2v) is 7.44. The van der Waals surface area contributed by atoms with Gasteiger partial charge in [0.15, 0.2) is 0 Å². The highest BCUT2D eigenvalue weighted by Crippen LogP contribution is 2.14. The Bertz CT molecular complexity index is 1090. The molecular weight excluding hydrogens is 352 g/mol. The number of hydrogen-bond donors (Lipinski definition) is 1. The van der Waals surface area contributed by atoms with Crippen LogP contribution in [0.3, 0.4) is 0 Å². The molecule has 6 nitrogen and oxygen atoms in total. The van der Waals surface area contributed by atoms with Crippen molar-refractivity contribution in [3.05, 3.63) is 75.3 Å². The lowest BCUT2D eigenvalue weighted by Gasteiger charge is -2.11. The predicted molar refractivity (Wildman–Crippen MR) is 110 cm³/mol. The largest absolute Gasteiger partial charge is 0.348 e. The van der Waals surface area contributed by atoms with Gasteiger partial charge >= 0.3 is 0 Å². The van der Waals surface area contributed by atoms with E-state index < -0.39 is 0 Å². The summed E-state index contributed by atoms with van der Waals surface area (Å²) in [5.74, 6) is 0.623. The molecule has 2 aromatic carbocycles. The average Bonchev–Trinajstić information content (AvgIpc) is 2.89. The highest BCUT2D eigenvalue weighted by molar-refractivity contribution is 5.97. The minimum absolute atomic E-state index is 0.0260. The summed E-state index contributed by atoms with van der Waals surface area (Å²) in [5.41, 5.74) is 3.31. The molecule has 0 atom stereocenters. The highest BCUT2D eigenvalue weighted by Gasteiger charge is 2.16. The van der Waals surface area contributed by atoms with Gasteiger partial charge in [-0.25, -0.2) is 4.98 Å². The number of amides is 1. The molecule has 1 aliphatic heterocycles. The maximum absolute atomic E-state index is 12.9. The van der Waals surface area contributed by atoms with Crippen LogP contribution >= 0.6 is 0 Å². The summed E-state index contributed by atoms with van der Waals surface area (Å²) in [6, 6.07) is 13.2. The lowest BCUT2D eigenvalue weighted by Crippen LogP contribution is -2.27. The van der Waals surface area contributed by atoms with Gasteiger partial charge in [-0.05, 0) is 37.7 Å². The molecule has 0 fully saturated rings. The van der Waals surface area contributed by atoms with E-state index in [0.717, 1.165) is 30.9 Å². The molecule has 0 saturated heterocycles. The zero-order chi connectivity index (χ0) is 19.7. The zero-order valence-electron chi connectivity index (χ0n) is 16.2. The first-order chi connectivity index (χ1) is 13.5. The first kappa shape index (κ1) is 18.4. The van der Waals surface area contributed by atoms with Crippen LogP contribution in [0.5, 0.6) is 0 Å². The topological polar surface area (TPSA) is 67.2 Å². The SMILES string of the molecule is Cc1ccc(CNC(=O)c2ccc3c(=O)n4c(nc3c2)CCN(C)CC4)cc1. The molecule has 28 heavy (non-hydrogen) atoms. The van der Waals surface area contributed by atoms with Crippen LogP contribution in [0.1, 0.15) is 27.3 Å². The van der Waals surface area contributed by atoms with Crippen LogP contribution in [0.25, 0.3) is 10.9 Å². The first-order valence-corrected chi connectivity index (χ1v) is 9.57. The second-order valence-electron chi connectivity index (χ2n) is 7.44. The quantitative estimate of drug-likeness (QED) is 0.760. The fraction of sp³-hybridized carbons (Fsp3) is 0.318. The Morgan fingerprint density at radius 2 is 1.89 bits per heavy atom. The smallest absolute Gasteiger partial charge is 0.261 e. The standard InChI is InChI=1S/C22H24N4O2/c1-15-3-5-16(6-4-15)14-23-21(27)17-7-8-18-19(13-17)24-20-9-10-25(2)11-12-26(20)22(18)28/h3-8,13H,9-12,14H2,1-2H3,(H,23,27). The molecule has 1 aliphatic rings. The Morgan fingerprint density at radius 3 is 2.68 bits per heavy atom. The highest BCUT2D eigenvalue weighted by atomic mass is 16.1. The number of hydrogen-bond acceptors (Lipinski definition) is 4. The summed E-state index contributed by atoms with van der Waals surface area (Å²) in [5, 5.41) is 3.49. The number of fused-ring (bicyclic) bond motifs is 2. The molecule has 0 radical (unpaired) electrons. The Morgan fingerprint density at radius 1 is 1.11 bits per heavy atom. The fourth-order valence-corrected chi connectivity index (χ4v) is 3.49. The number of nitrogens with one attached hydrogen (secondary N) is 1. The maximum atomic E-state index is 12.9. The van der Waals surface area contributed by atoms with E-state index in [-0.39, 0.29) is 11.5 Å². The Kier molecular flexibility index (Phi) is 4.96. The molecule has 4 rings (SSSR count). The summed E-state index contributed by atoms with van der Waals surface area (Å²) < 4.78 is 1.77. The van der Waals surface area contributed by atoms with E-state index in [0.29, 0.717) is 29.6 Å². The van der Waals surface area contributed by atoms with Crippen molar-refractivity contribution >= 4 is 16.8 Å². The fourth-order valence-electron chi connectivity index (χ4n) is 3.49. The van der Waals surface area contributed by atoms with Crippen LogP contribution in [0, 0.1) is 6.92 Å². The minimum Gasteiger partial charge on any atom is -0.348 e. The van der Waals surface area contributed by atoms with Gasteiger partial charge in [0.05, 0.1) is 10.9 Å². The van der Waals surface area contributed by atoms with Crippen molar-refractivity contribution in [2.75, 3.05) is 20.1 Å². The molecule has 0 spiro atoms. The van der Waals surface area contributed by atoms with Crippen molar-refractivity contribution in [3.63, 3.8) is 0 Å². The summed E-state index contributed by atoms with van der Waals surface area (Å²) in [6.07, 6.45) is 0.728. The van der Waals surface area contributed by atoms with Crippen LogP contribution in [0.15, 0.2) is 47.3 Å². The van der Waals surface area contributed by atoms with Gasteiger partial charge in [-0.3, -0.25) is 14.2 Å². The third kappa shape index (κ3) is 3.68. The van der Waals surface area contributed by atoms with Gasteiger partial charge in [0.1, 0.15) is 5.82 Å². The molecule has 0 saturated carbocycles. The van der Waals surface area contributed by atoms with Crippen molar-refractivity contribution < 1.29 is 4.79 Å². The number of benzene rings is 2. The van der Waals surface area contributed by atoms with Gasteiger partial charge in [-0.1, -0.05) is 29.8 Å². The molecule has 0 aliphatic carbocycles. The molecule has 1 amide bonds. The van der Waals surface area contributed by atoms with E-state index in [1.54, 1.807) is 22.8 Å². The lowest BCUT2D eigenvalue weighted by molar-refractivity contribution is 0.0951. The molecule has 0 unspecified atom stereocenters. The van der Waals surface area contributed by atoms with Crippen LogP contribution in [-0.4, -0.2) is 40.5 Å². The van der Waals surface area contributed by atoms with E-state index in [2.05, 4.69) is 10.2 Å². The third-order valence-electron chi connectivity index (χ3n) is 5.29. The number of aryl methyl sites for hydroxylation is 1. The third-order valence-corrected chi connectivity index (χ3v) is 5.29. The summed E-state index contributed by atoms with van der Waals surface area (Å²) >= 11 is 0. The lowest BCUT2D eigenvalue weighted by atomic mass is 10.1. The van der Waals surface area contributed by atoms with Crippen LogP contribution in [0.4, 0.5) is 0 Å². The Labute approximate surface area is 163 Å². The minimum atomic E-state index is -0.168. The van der Waals surface area contributed by atoms with Gasteiger partial charge in [-0.2, -0.15) is 0 Å². The van der Waals surface area contributed by atoms with Gasteiger partial charge in [0, 0.05) is 38.2 Å².